The summed E-state index contributed by atoms with van der Waals surface area (Å²) in [5, 5.41) is 8.73. The normalized spacial score (nSPS) is 24.9. The van der Waals surface area contributed by atoms with E-state index >= 15 is 0 Å². The predicted octanol–water partition coefficient (Wildman–Crippen LogP) is 1.51. The fourth-order valence-corrected chi connectivity index (χ4v) is 5.21. The van der Waals surface area contributed by atoms with Crippen molar-refractivity contribution in [3.63, 3.8) is 0 Å². The van der Waals surface area contributed by atoms with Crippen molar-refractivity contribution >= 4 is 10.0 Å². The second kappa shape index (κ2) is 5.45. The van der Waals surface area contributed by atoms with Crippen molar-refractivity contribution in [1.29, 1.82) is 0 Å². The van der Waals surface area contributed by atoms with Crippen molar-refractivity contribution in [3.05, 3.63) is 29.3 Å². The molecule has 21 heavy (non-hydrogen) atoms. The molecule has 0 radical (unpaired) electrons. The number of sulfonamides is 1. The lowest BCUT2D eigenvalue weighted by Crippen LogP contribution is -2.37. The van der Waals surface area contributed by atoms with Crippen LogP contribution in [-0.4, -0.2) is 37.0 Å². The number of piperidine rings is 1. The molecule has 2 fully saturated rings. The van der Waals surface area contributed by atoms with Gasteiger partial charge in [0.2, 0.25) is 10.0 Å². The zero-order valence-corrected chi connectivity index (χ0v) is 12.9. The van der Waals surface area contributed by atoms with Crippen LogP contribution in [0.1, 0.15) is 30.4 Å². The molecule has 1 aromatic rings. The summed E-state index contributed by atoms with van der Waals surface area (Å²) < 4.78 is 27.2. The standard InChI is InChI=1S/C16H19NO3S/c1-12-9-16(7-5-14(12)3-2-8-18)21(19,20)17-11-13-4-6-15(17)10-13/h5,7,9,13,15,18H,4,6,8,10-11H2,1H3. The van der Waals surface area contributed by atoms with Crippen LogP contribution in [0, 0.1) is 24.7 Å². The van der Waals surface area contributed by atoms with E-state index in [0.29, 0.717) is 17.4 Å². The summed E-state index contributed by atoms with van der Waals surface area (Å²) in [5.41, 5.74) is 1.58. The van der Waals surface area contributed by atoms with E-state index < -0.39 is 10.0 Å². The molecular formula is C16H19NO3S. The molecule has 1 aromatic carbocycles. The molecule has 112 valence electrons. The minimum Gasteiger partial charge on any atom is -0.384 e. The molecule has 5 heteroatoms. The molecule has 0 spiro atoms. The number of aryl methyl sites for hydroxylation is 1. The van der Waals surface area contributed by atoms with E-state index in [-0.39, 0.29) is 12.6 Å². The van der Waals surface area contributed by atoms with Gasteiger partial charge in [0.05, 0.1) is 4.90 Å². The Hall–Kier alpha value is -1.35. The summed E-state index contributed by atoms with van der Waals surface area (Å²) in [5.74, 6) is 5.96. The second-order valence-electron chi connectivity index (χ2n) is 5.84. The predicted molar refractivity (Wildman–Crippen MR) is 80.2 cm³/mol. The number of nitrogens with zero attached hydrogens (tertiary/aromatic N) is 1. The van der Waals surface area contributed by atoms with Crippen LogP contribution in [-0.2, 0) is 10.0 Å². The number of fused-ring (bicyclic) bond motifs is 2. The third-order valence-corrected chi connectivity index (χ3v) is 6.38. The Labute approximate surface area is 125 Å². The molecule has 0 amide bonds. The molecule has 1 saturated heterocycles. The van der Waals surface area contributed by atoms with E-state index in [1.807, 2.05) is 6.92 Å². The van der Waals surface area contributed by atoms with Crippen LogP contribution in [0.4, 0.5) is 0 Å². The van der Waals surface area contributed by atoms with Crippen molar-refractivity contribution in [3.8, 4) is 11.8 Å². The maximum Gasteiger partial charge on any atom is 0.243 e. The van der Waals surface area contributed by atoms with Gasteiger partial charge in [-0.1, -0.05) is 11.8 Å². The first kappa shape index (κ1) is 14.6. The summed E-state index contributed by atoms with van der Waals surface area (Å²) in [7, 11) is -3.39. The molecule has 2 bridgehead atoms. The third kappa shape index (κ3) is 2.59. The van der Waals surface area contributed by atoms with Crippen LogP contribution in [0.5, 0.6) is 0 Å². The largest absolute Gasteiger partial charge is 0.384 e. The molecular weight excluding hydrogens is 286 g/mol. The van der Waals surface area contributed by atoms with E-state index in [1.54, 1.807) is 22.5 Å². The van der Waals surface area contributed by atoms with Crippen LogP contribution < -0.4 is 0 Å². The van der Waals surface area contributed by atoms with Crippen LogP contribution in [0.15, 0.2) is 23.1 Å². The minimum atomic E-state index is -3.39. The average Bonchev–Trinajstić information content (AvgIpc) is 3.09. The third-order valence-electron chi connectivity index (χ3n) is 4.47. The smallest absolute Gasteiger partial charge is 0.243 e. The summed E-state index contributed by atoms with van der Waals surface area (Å²) in [6.45, 7) is 2.31. The highest BCUT2D eigenvalue weighted by Gasteiger charge is 2.44. The number of rotatable bonds is 2. The van der Waals surface area contributed by atoms with Gasteiger partial charge in [-0.25, -0.2) is 8.42 Å². The molecule has 1 N–H and O–H groups in total. The Balaban J connectivity index is 1.91. The fourth-order valence-electron chi connectivity index (χ4n) is 3.38. The molecule has 2 atom stereocenters. The zero-order chi connectivity index (χ0) is 15.0. The van der Waals surface area contributed by atoms with Gasteiger partial charge in [-0.3, -0.25) is 0 Å². The molecule has 3 rings (SSSR count). The van der Waals surface area contributed by atoms with Crippen molar-refractivity contribution in [2.24, 2.45) is 5.92 Å². The molecule has 2 aliphatic rings. The number of benzene rings is 1. The van der Waals surface area contributed by atoms with Gasteiger partial charge in [0.1, 0.15) is 6.61 Å². The van der Waals surface area contributed by atoms with Gasteiger partial charge in [-0.05, 0) is 55.9 Å². The number of aliphatic hydroxyl groups is 1. The fraction of sp³-hybridized carbons (Fsp3) is 0.500. The first-order chi connectivity index (χ1) is 10.0. The Morgan fingerprint density at radius 1 is 1.38 bits per heavy atom. The molecule has 1 aliphatic carbocycles. The minimum absolute atomic E-state index is 0.189. The van der Waals surface area contributed by atoms with E-state index in [4.69, 9.17) is 5.11 Å². The number of hydrogen-bond acceptors (Lipinski definition) is 3. The zero-order valence-electron chi connectivity index (χ0n) is 12.0. The monoisotopic (exact) mass is 305 g/mol. The first-order valence-corrected chi connectivity index (χ1v) is 8.68. The van der Waals surface area contributed by atoms with Crippen LogP contribution in [0.2, 0.25) is 0 Å². The summed E-state index contributed by atoms with van der Waals surface area (Å²) in [6.07, 6.45) is 3.16. The molecule has 2 unspecified atom stereocenters. The Morgan fingerprint density at radius 2 is 2.19 bits per heavy atom. The highest BCUT2D eigenvalue weighted by Crippen LogP contribution is 2.40. The number of aliphatic hydroxyl groups excluding tert-OH is 1. The van der Waals surface area contributed by atoms with E-state index in [9.17, 15) is 8.42 Å². The first-order valence-electron chi connectivity index (χ1n) is 7.24. The van der Waals surface area contributed by atoms with Gasteiger partial charge in [0.25, 0.3) is 0 Å². The number of hydrogen-bond donors (Lipinski definition) is 1. The lowest BCUT2D eigenvalue weighted by molar-refractivity contribution is 0.333. The molecule has 1 aliphatic heterocycles. The van der Waals surface area contributed by atoms with Crippen LogP contribution >= 0.6 is 0 Å². The van der Waals surface area contributed by atoms with Crippen molar-refractivity contribution in [2.45, 2.75) is 37.1 Å². The quantitative estimate of drug-likeness (QED) is 0.843. The van der Waals surface area contributed by atoms with Gasteiger partial charge in [0, 0.05) is 18.2 Å². The lowest BCUT2D eigenvalue weighted by Gasteiger charge is -2.26. The van der Waals surface area contributed by atoms with Crippen molar-refractivity contribution in [2.75, 3.05) is 13.2 Å². The lowest BCUT2D eigenvalue weighted by atomic mass is 10.1. The van der Waals surface area contributed by atoms with Gasteiger partial charge >= 0.3 is 0 Å². The highest BCUT2D eigenvalue weighted by molar-refractivity contribution is 7.89. The maximum absolute atomic E-state index is 12.8. The Morgan fingerprint density at radius 3 is 2.76 bits per heavy atom. The molecule has 1 saturated carbocycles. The topological polar surface area (TPSA) is 57.6 Å². The van der Waals surface area contributed by atoms with E-state index in [0.717, 1.165) is 30.4 Å². The SMILES string of the molecule is Cc1cc(S(=O)(=O)N2CC3CCC2C3)ccc1C#CCO. The Bertz CT molecular complexity index is 715. The van der Waals surface area contributed by atoms with Crippen LogP contribution in [0.25, 0.3) is 0 Å². The van der Waals surface area contributed by atoms with E-state index in [2.05, 4.69) is 11.8 Å². The maximum atomic E-state index is 12.8. The summed E-state index contributed by atoms with van der Waals surface area (Å²) in [4.78, 5) is 0.349. The summed E-state index contributed by atoms with van der Waals surface area (Å²) in [6, 6.07) is 5.21. The molecule has 0 aromatic heterocycles. The van der Waals surface area contributed by atoms with Crippen molar-refractivity contribution < 1.29 is 13.5 Å². The average molecular weight is 305 g/mol. The van der Waals surface area contributed by atoms with Gasteiger partial charge in [-0.15, -0.1) is 0 Å². The highest BCUT2D eigenvalue weighted by atomic mass is 32.2. The van der Waals surface area contributed by atoms with Gasteiger partial charge < -0.3 is 5.11 Å². The molecule has 4 nitrogen and oxygen atoms in total. The van der Waals surface area contributed by atoms with Crippen molar-refractivity contribution in [1.82, 2.24) is 4.31 Å². The Kier molecular flexibility index (Phi) is 3.78. The second-order valence-corrected chi connectivity index (χ2v) is 7.73. The summed E-state index contributed by atoms with van der Waals surface area (Å²) >= 11 is 0. The van der Waals surface area contributed by atoms with E-state index in [1.165, 1.54) is 0 Å². The molecule has 1 heterocycles. The van der Waals surface area contributed by atoms with Gasteiger partial charge in [-0.2, -0.15) is 4.31 Å². The van der Waals surface area contributed by atoms with Gasteiger partial charge in [0.15, 0.2) is 0 Å². The van der Waals surface area contributed by atoms with Crippen LogP contribution in [0.3, 0.4) is 0 Å².